The lowest BCUT2D eigenvalue weighted by molar-refractivity contribution is -0.118. The zero-order valence-electron chi connectivity index (χ0n) is 14.3. The van der Waals surface area contributed by atoms with Crippen LogP contribution in [0.2, 0.25) is 0 Å². The van der Waals surface area contributed by atoms with Gasteiger partial charge in [-0.05, 0) is 43.4 Å². The van der Waals surface area contributed by atoms with Gasteiger partial charge in [-0.25, -0.2) is 8.78 Å². The van der Waals surface area contributed by atoms with E-state index in [1.54, 1.807) is 6.26 Å². The van der Waals surface area contributed by atoms with E-state index < -0.39 is 11.6 Å². The molecule has 7 heteroatoms. The molecule has 1 aromatic carbocycles. The lowest BCUT2D eigenvalue weighted by Gasteiger charge is -2.28. The molecule has 136 valence electrons. The number of amides is 1. The first kappa shape index (κ1) is 19.5. The molecule has 2 rings (SSSR count). The van der Waals surface area contributed by atoms with E-state index in [9.17, 15) is 13.6 Å². The van der Waals surface area contributed by atoms with Crippen LogP contribution in [-0.2, 0) is 4.79 Å². The summed E-state index contributed by atoms with van der Waals surface area (Å²) in [5.74, 6) is -1.04. The number of furan rings is 1. The predicted octanol–water partition coefficient (Wildman–Crippen LogP) is 3.85. The highest BCUT2D eigenvalue weighted by Crippen LogP contribution is 2.22. The number of carbonyl (C=O) groups excluding carboxylic acids is 1. The summed E-state index contributed by atoms with van der Waals surface area (Å²) in [5, 5.41) is 2.89. The van der Waals surface area contributed by atoms with Crippen LogP contribution >= 0.6 is 11.8 Å². The monoisotopic (exact) mass is 368 g/mol. The maximum absolute atomic E-state index is 13.2. The van der Waals surface area contributed by atoms with E-state index in [1.165, 1.54) is 6.07 Å². The van der Waals surface area contributed by atoms with Gasteiger partial charge in [0.1, 0.15) is 5.76 Å². The number of benzene rings is 1. The van der Waals surface area contributed by atoms with E-state index in [1.807, 2.05) is 12.1 Å². The molecule has 0 radical (unpaired) electrons. The van der Waals surface area contributed by atoms with Crippen molar-refractivity contribution in [3.8, 4) is 0 Å². The van der Waals surface area contributed by atoms with Gasteiger partial charge >= 0.3 is 0 Å². The normalized spacial score (nSPS) is 12.4. The molecule has 1 atom stereocenters. The molecule has 0 bridgehead atoms. The second-order valence-corrected chi connectivity index (χ2v) is 6.47. The molecule has 25 heavy (non-hydrogen) atoms. The average molecular weight is 368 g/mol. The number of hydrogen-bond donors (Lipinski definition) is 1. The van der Waals surface area contributed by atoms with Crippen molar-refractivity contribution in [3.05, 3.63) is 54.0 Å². The van der Waals surface area contributed by atoms with Crippen molar-refractivity contribution < 1.29 is 18.0 Å². The van der Waals surface area contributed by atoms with E-state index in [4.69, 9.17) is 4.42 Å². The van der Waals surface area contributed by atoms with Crippen molar-refractivity contribution in [2.45, 2.75) is 24.8 Å². The number of thioether (sulfide) groups is 1. The van der Waals surface area contributed by atoms with E-state index in [2.05, 4.69) is 24.1 Å². The third kappa shape index (κ3) is 5.57. The van der Waals surface area contributed by atoms with Gasteiger partial charge in [0.05, 0.1) is 18.1 Å². The second kappa shape index (κ2) is 9.58. The van der Waals surface area contributed by atoms with Gasteiger partial charge in [0, 0.05) is 11.4 Å². The number of nitrogens with one attached hydrogen (secondary N) is 1. The molecule has 2 aromatic rings. The zero-order chi connectivity index (χ0) is 18.2. The van der Waals surface area contributed by atoms with E-state index in [0.29, 0.717) is 11.4 Å². The summed E-state index contributed by atoms with van der Waals surface area (Å²) in [6.45, 7) is 6.20. The molecule has 1 amide bonds. The molecule has 1 aromatic heterocycles. The molecule has 0 fully saturated rings. The zero-order valence-corrected chi connectivity index (χ0v) is 15.1. The molecule has 0 spiro atoms. The van der Waals surface area contributed by atoms with Crippen LogP contribution < -0.4 is 5.32 Å². The van der Waals surface area contributed by atoms with Gasteiger partial charge in [-0.3, -0.25) is 9.69 Å². The van der Waals surface area contributed by atoms with Gasteiger partial charge < -0.3 is 9.73 Å². The van der Waals surface area contributed by atoms with Crippen LogP contribution in [0.15, 0.2) is 45.9 Å². The van der Waals surface area contributed by atoms with Gasteiger partial charge in [-0.1, -0.05) is 13.8 Å². The summed E-state index contributed by atoms with van der Waals surface area (Å²) < 4.78 is 31.6. The summed E-state index contributed by atoms with van der Waals surface area (Å²) in [6.07, 6.45) is 1.62. The van der Waals surface area contributed by atoms with Gasteiger partial charge in [-0.15, -0.1) is 11.8 Å². The molecule has 1 heterocycles. The maximum atomic E-state index is 13.2. The lowest BCUT2D eigenvalue weighted by Crippen LogP contribution is -2.38. The molecular formula is C18H22F2N2O2S. The molecule has 1 N–H and O–H groups in total. The van der Waals surface area contributed by atoms with Crippen LogP contribution in [-0.4, -0.2) is 36.2 Å². The SMILES string of the molecule is CCN(CC)C(CNC(=O)CSc1ccc(F)c(F)c1)c1ccco1. The fourth-order valence-corrected chi connectivity index (χ4v) is 3.28. The largest absolute Gasteiger partial charge is 0.468 e. The number of hydrogen-bond acceptors (Lipinski definition) is 4. The van der Waals surface area contributed by atoms with Gasteiger partial charge in [0.15, 0.2) is 11.6 Å². The Labute approximate surface area is 150 Å². The molecule has 0 aliphatic carbocycles. The highest BCUT2D eigenvalue weighted by Gasteiger charge is 2.21. The Kier molecular flexibility index (Phi) is 7.46. The number of nitrogens with zero attached hydrogens (tertiary/aromatic N) is 1. The molecule has 0 aliphatic rings. The summed E-state index contributed by atoms with van der Waals surface area (Å²) >= 11 is 1.16. The van der Waals surface area contributed by atoms with Crippen LogP contribution in [0, 0.1) is 11.6 Å². The first-order valence-corrected chi connectivity index (χ1v) is 9.15. The summed E-state index contributed by atoms with van der Waals surface area (Å²) in [5.41, 5.74) is 0. The van der Waals surface area contributed by atoms with Crippen LogP contribution in [0.4, 0.5) is 8.78 Å². The molecule has 1 unspecified atom stereocenters. The fraction of sp³-hybridized carbons (Fsp3) is 0.389. The van der Waals surface area contributed by atoms with Gasteiger partial charge in [0.2, 0.25) is 5.91 Å². The van der Waals surface area contributed by atoms with Crippen molar-refractivity contribution in [1.82, 2.24) is 10.2 Å². The molecular weight excluding hydrogens is 346 g/mol. The molecule has 0 saturated heterocycles. The summed E-state index contributed by atoms with van der Waals surface area (Å²) in [4.78, 5) is 14.8. The first-order chi connectivity index (χ1) is 12.0. The highest BCUT2D eigenvalue weighted by molar-refractivity contribution is 8.00. The minimum atomic E-state index is -0.912. The molecule has 4 nitrogen and oxygen atoms in total. The van der Waals surface area contributed by atoms with Crippen molar-refractivity contribution in [2.24, 2.45) is 0 Å². The Morgan fingerprint density at radius 1 is 1.24 bits per heavy atom. The van der Waals surface area contributed by atoms with Crippen molar-refractivity contribution >= 4 is 17.7 Å². The van der Waals surface area contributed by atoms with Crippen LogP contribution in [0.5, 0.6) is 0 Å². The maximum Gasteiger partial charge on any atom is 0.230 e. The number of likely N-dealkylation sites (N-methyl/N-ethyl adjacent to an activating group) is 1. The van der Waals surface area contributed by atoms with Crippen molar-refractivity contribution in [3.63, 3.8) is 0 Å². The van der Waals surface area contributed by atoms with Gasteiger partial charge in [-0.2, -0.15) is 0 Å². The minimum Gasteiger partial charge on any atom is -0.468 e. The Morgan fingerprint density at radius 3 is 2.60 bits per heavy atom. The predicted molar refractivity (Wildman–Crippen MR) is 94.5 cm³/mol. The van der Waals surface area contributed by atoms with Crippen LogP contribution in [0.3, 0.4) is 0 Å². The van der Waals surface area contributed by atoms with E-state index in [-0.39, 0.29) is 17.7 Å². The average Bonchev–Trinajstić information content (AvgIpc) is 3.14. The fourth-order valence-electron chi connectivity index (χ4n) is 2.53. The smallest absolute Gasteiger partial charge is 0.230 e. The molecule has 0 saturated carbocycles. The number of carbonyl (C=O) groups is 1. The highest BCUT2D eigenvalue weighted by atomic mass is 32.2. The Hall–Kier alpha value is -1.86. The third-order valence-corrected chi connectivity index (χ3v) is 4.87. The van der Waals surface area contributed by atoms with Crippen LogP contribution in [0.25, 0.3) is 0 Å². The Morgan fingerprint density at radius 2 is 2.00 bits per heavy atom. The second-order valence-electron chi connectivity index (χ2n) is 5.42. The van der Waals surface area contributed by atoms with E-state index in [0.717, 1.165) is 42.7 Å². The summed E-state index contributed by atoms with van der Waals surface area (Å²) in [7, 11) is 0. The number of rotatable bonds is 9. The number of halogens is 2. The quantitative estimate of drug-likeness (QED) is 0.683. The van der Waals surface area contributed by atoms with Gasteiger partial charge in [0.25, 0.3) is 0 Å². The Bertz CT molecular complexity index is 676. The van der Waals surface area contributed by atoms with Crippen molar-refractivity contribution in [1.29, 1.82) is 0 Å². The lowest BCUT2D eigenvalue weighted by atomic mass is 10.2. The standard InChI is InChI=1S/C18H22F2N2O2S/c1-3-22(4-2)16(17-6-5-9-24-17)11-21-18(23)12-25-13-7-8-14(19)15(20)10-13/h5-10,16H,3-4,11-12H2,1-2H3,(H,21,23). The minimum absolute atomic E-state index is 0.0396. The Balaban J connectivity index is 1.89. The molecule has 0 aliphatic heterocycles. The summed E-state index contributed by atoms with van der Waals surface area (Å²) in [6, 6.07) is 7.29. The first-order valence-electron chi connectivity index (χ1n) is 8.17. The van der Waals surface area contributed by atoms with E-state index >= 15 is 0 Å². The third-order valence-electron chi connectivity index (χ3n) is 3.88. The van der Waals surface area contributed by atoms with Crippen molar-refractivity contribution in [2.75, 3.05) is 25.4 Å². The topological polar surface area (TPSA) is 45.5 Å². The van der Waals surface area contributed by atoms with Crippen LogP contribution in [0.1, 0.15) is 25.6 Å².